The third kappa shape index (κ3) is 5.83. The summed E-state index contributed by atoms with van der Waals surface area (Å²) in [4.78, 5) is 15.0. The maximum atomic E-state index is 12.6. The molecule has 0 aliphatic carbocycles. The fraction of sp³-hybridized carbons (Fsp3) is 0.435. The Morgan fingerprint density at radius 3 is 2.43 bits per heavy atom. The first-order valence-electron chi connectivity index (χ1n) is 10.3. The van der Waals surface area contributed by atoms with E-state index in [9.17, 15) is 13.2 Å². The Balaban J connectivity index is 1.64. The van der Waals surface area contributed by atoms with E-state index >= 15 is 0 Å². The van der Waals surface area contributed by atoms with Crippen molar-refractivity contribution in [2.24, 2.45) is 0 Å². The number of amides is 1. The monoisotopic (exact) mass is 429 g/mol. The summed E-state index contributed by atoms with van der Waals surface area (Å²) in [7, 11) is -3.59. The van der Waals surface area contributed by atoms with Gasteiger partial charge in [0.15, 0.2) is 0 Å². The molecule has 2 aromatic rings. The Hall–Kier alpha value is -2.38. The van der Waals surface area contributed by atoms with Crippen LogP contribution in [-0.2, 0) is 27.9 Å². The highest BCUT2D eigenvalue weighted by molar-refractivity contribution is 7.92. The largest absolute Gasteiger partial charge is 0.350 e. The molecule has 1 aliphatic heterocycles. The first-order valence-corrected chi connectivity index (χ1v) is 12.2. The number of nitrogens with zero attached hydrogens (tertiary/aromatic N) is 2. The van der Waals surface area contributed by atoms with E-state index in [1.54, 1.807) is 12.1 Å². The first-order chi connectivity index (χ1) is 14.2. The molecule has 2 aromatic carbocycles. The van der Waals surface area contributed by atoms with Crippen LogP contribution in [0.25, 0.3) is 0 Å². The van der Waals surface area contributed by atoms with Gasteiger partial charge in [0.05, 0.1) is 11.9 Å². The molecule has 0 unspecified atom stereocenters. The highest BCUT2D eigenvalue weighted by Gasteiger charge is 2.22. The van der Waals surface area contributed by atoms with Gasteiger partial charge in [-0.2, -0.15) is 0 Å². The standard InChI is InChI=1S/C23H31N3O3S/c1-18-8-6-11-22(19(18)2)26(30(3,28)29)17-23(27)24-15-20-9-7-10-21(14-20)16-25-12-4-5-13-25/h6-11,14H,4-5,12-13,15-17H2,1-3H3,(H,24,27). The number of rotatable bonds is 8. The number of sulfonamides is 1. The molecule has 1 fully saturated rings. The molecule has 1 amide bonds. The third-order valence-corrected chi connectivity index (χ3v) is 6.74. The number of nitrogens with one attached hydrogen (secondary N) is 1. The predicted octanol–water partition coefficient (Wildman–Crippen LogP) is 2.98. The number of hydrogen-bond acceptors (Lipinski definition) is 4. The van der Waals surface area contributed by atoms with Crippen LogP contribution in [0.3, 0.4) is 0 Å². The molecule has 1 heterocycles. The average Bonchev–Trinajstić information content (AvgIpc) is 3.19. The minimum absolute atomic E-state index is 0.239. The van der Waals surface area contributed by atoms with E-state index in [0.29, 0.717) is 12.2 Å². The molecule has 162 valence electrons. The zero-order chi connectivity index (χ0) is 21.7. The molecule has 6 nitrogen and oxygen atoms in total. The van der Waals surface area contributed by atoms with Crippen LogP contribution in [0.2, 0.25) is 0 Å². The highest BCUT2D eigenvalue weighted by atomic mass is 32.2. The number of carbonyl (C=O) groups excluding carboxylic acids is 1. The van der Waals surface area contributed by atoms with Crippen molar-refractivity contribution in [2.45, 2.75) is 39.8 Å². The Morgan fingerprint density at radius 2 is 1.73 bits per heavy atom. The van der Waals surface area contributed by atoms with Crippen LogP contribution in [0.5, 0.6) is 0 Å². The topological polar surface area (TPSA) is 69.7 Å². The summed E-state index contributed by atoms with van der Waals surface area (Å²) in [6.45, 7) is 7.13. The van der Waals surface area contributed by atoms with Crippen molar-refractivity contribution in [3.8, 4) is 0 Å². The minimum atomic E-state index is -3.59. The van der Waals surface area contributed by atoms with Crippen LogP contribution in [0.15, 0.2) is 42.5 Å². The zero-order valence-electron chi connectivity index (χ0n) is 18.0. The number of hydrogen-bond donors (Lipinski definition) is 1. The van der Waals surface area contributed by atoms with Gasteiger partial charge in [0.25, 0.3) is 0 Å². The van der Waals surface area contributed by atoms with Crippen LogP contribution >= 0.6 is 0 Å². The average molecular weight is 430 g/mol. The van der Waals surface area contributed by atoms with Crippen molar-refractivity contribution in [1.82, 2.24) is 10.2 Å². The summed E-state index contributed by atoms with van der Waals surface area (Å²) in [5.41, 5.74) is 4.62. The van der Waals surface area contributed by atoms with E-state index in [0.717, 1.165) is 42.6 Å². The zero-order valence-corrected chi connectivity index (χ0v) is 18.8. The predicted molar refractivity (Wildman–Crippen MR) is 121 cm³/mol. The summed E-state index contributed by atoms with van der Waals surface area (Å²) in [6.07, 6.45) is 3.64. The van der Waals surface area contributed by atoms with Crippen molar-refractivity contribution in [1.29, 1.82) is 0 Å². The number of carbonyl (C=O) groups is 1. The number of likely N-dealkylation sites (tertiary alicyclic amines) is 1. The van der Waals surface area contributed by atoms with Crippen LogP contribution in [0, 0.1) is 13.8 Å². The second-order valence-corrected chi connectivity index (χ2v) is 9.98. The smallest absolute Gasteiger partial charge is 0.241 e. The Morgan fingerprint density at radius 1 is 1.07 bits per heavy atom. The summed E-state index contributed by atoms with van der Waals surface area (Å²) < 4.78 is 25.9. The maximum Gasteiger partial charge on any atom is 0.241 e. The van der Waals surface area contributed by atoms with Crippen molar-refractivity contribution in [3.05, 3.63) is 64.7 Å². The van der Waals surface area contributed by atoms with E-state index in [1.165, 1.54) is 22.7 Å². The molecule has 0 radical (unpaired) electrons. The van der Waals surface area contributed by atoms with Crippen molar-refractivity contribution in [2.75, 3.05) is 30.2 Å². The summed E-state index contributed by atoms with van der Waals surface area (Å²) >= 11 is 0. The lowest BCUT2D eigenvalue weighted by Gasteiger charge is -2.24. The van der Waals surface area contributed by atoms with Crippen LogP contribution in [0.1, 0.15) is 35.1 Å². The highest BCUT2D eigenvalue weighted by Crippen LogP contribution is 2.24. The molecule has 30 heavy (non-hydrogen) atoms. The molecule has 0 bridgehead atoms. The van der Waals surface area contributed by atoms with Gasteiger partial charge in [-0.15, -0.1) is 0 Å². The lowest BCUT2D eigenvalue weighted by Crippen LogP contribution is -2.40. The molecule has 0 saturated carbocycles. The Bertz CT molecular complexity index is 999. The van der Waals surface area contributed by atoms with Gasteiger partial charge in [-0.1, -0.05) is 36.4 Å². The van der Waals surface area contributed by atoms with E-state index in [-0.39, 0.29) is 12.5 Å². The fourth-order valence-corrected chi connectivity index (χ4v) is 4.72. The van der Waals surface area contributed by atoms with Crippen LogP contribution in [0.4, 0.5) is 5.69 Å². The lowest BCUT2D eigenvalue weighted by atomic mass is 10.1. The molecular weight excluding hydrogens is 398 g/mol. The van der Waals surface area contributed by atoms with Gasteiger partial charge in [-0.25, -0.2) is 8.42 Å². The quantitative estimate of drug-likeness (QED) is 0.700. The lowest BCUT2D eigenvalue weighted by molar-refractivity contribution is -0.119. The number of benzene rings is 2. The second-order valence-electron chi connectivity index (χ2n) is 8.07. The number of aryl methyl sites for hydroxylation is 1. The fourth-order valence-electron chi connectivity index (χ4n) is 3.81. The van der Waals surface area contributed by atoms with Crippen LogP contribution < -0.4 is 9.62 Å². The molecule has 3 rings (SSSR count). The molecule has 1 aliphatic rings. The molecular formula is C23H31N3O3S. The van der Waals surface area contributed by atoms with E-state index < -0.39 is 10.0 Å². The molecule has 0 spiro atoms. The minimum Gasteiger partial charge on any atom is -0.350 e. The molecule has 1 N–H and O–H groups in total. The molecule has 0 atom stereocenters. The van der Waals surface area contributed by atoms with Gasteiger partial charge in [-0.05, 0) is 68.1 Å². The Labute approximate surface area is 179 Å². The van der Waals surface area contributed by atoms with Gasteiger partial charge in [0.2, 0.25) is 15.9 Å². The normalized spacial score (nSPS) is 14.6. The van der Waals surface area contributed by atoms with Gasteiger partial charge in [0, 0.05) is 13.1 Å². The van der Waals surface area contributed by atoms with E-state index in [1.807, 2.05) is 32.0 Å². The first kappa shape index (κ1) is 22.3. The summed E-state index contributed by atoms with van der Waals surface area (Å²) in [5, 5.41) is 2.87. The van der Waals surface area contributed by atoms with Crippen molar-refractivity contribution < 1.29 is 13.2 Å². The molecule has 1 saturated heterocycles. The third-order valence-electron chi connectivity index (χ3n) is 5.62. The van der Waals surface area contributed by atoms with Gasteiger partial charge in [-0.3, -0.25) is 14.0 Å². The molecule has 7 heteroatoms. The second kappa shape index (κ2) is 9.62. The SMILES string of the molecule is Cc1cccc(N(CC(=O)NCc2cccc(CN3CCCC3)c2)S(C)(=O)=O)c1C. The van der Waals surface area contributed by atoms with Gasteiger partial charge >= 0.3 is 0 Å². The summed E-state index contributed by atoms with van der Waals surface area (Å²) in [6, 6.07) is 13.7. The number of anilines is 1. The van der Waals surface area contributed by atoms with Crippen LogP contribution in [-0.4, -0.2) is 45.1 Å². The maximum absolute atomic E-state index is 12.6. The van der Waals surface area contributed by atoms with Gasteiger partial charge in [0.1, 0.15) is 6.54 Å². The van der Waals surface area contributed by atoms with E-state index in [4.69, 9.17) is 0 Å². The van der Waals surface area contributed by atoms with Gasteiger partial charge < -0.3 is 5.32 Å². The van der Waals surface area contributed by atoms with Crippen molar-refractivity contribution in [3.63, 3.8) is 0 Å². The molecule has 0 aromatic heterocycles. The van der Waals surface area contributed by atoms with Crippen molar-refractivity contribution >= 4 is 21.6 Å². The summed E-state index contributed by atoms with van der Waals surface area (Å²) in [5.74, 6) is -0.328. The van der Waals surface area contributed by atoms with E-state index in [2.05, 4.69) is 22.3 Å². The Kier molecular flexibility index (Phi) is 7.15.